The number of furan rings is 2. The van der Waals surface area contributed by atoms with E-state index in [-0.39, 0.29) is 38.4 Å². The molecule has 2 aromatic heterocycles. The topological polar surface area (TPSA) is 32.8 Å². The highest BCUT2D eigenvalue weighted by Gasteiger charge is 2.77. The van der Waals surface area contributed by atoms with E-state index in [2.05, 4.69) is 338 Å². The van der Waals surface area contributed by atoms with Crippen molar-refractivity contribution in [3.8, 4) is 44.5 Å². The van der Waals surface area contributed by atoms with Crippen molar-refractivity contribution in [2.75, 3.05) is 9.80 Å². The first-order valence-electron chi connectivity index (χ1n) is 46.4. The van der Waals surface area contributed by atoms with Crippen LogP contribution in [0.4, 0.5) is 34.1 Å². The van der Waals surface area contributed by atoms with Crippen LogP contribution >= 0.6 is 0 Å². The van der Waals surface area contributed by atoms with Crippen LogP contribution in [0.5, 0.6) is 0 Å². The van der Waals surface area contributed by atoms with E-state index in [1.165, 1.54) is 202 Å². The van der Waals surface area contributed by atoms with Crippen molar-refractivity contribution < 1.29 is 8.83 Å². The van der Waals surface area contributed by atoms with Gasteiger partial charge in [-0.2, -0.15) is 0 Å². The summed E-state index contributed by atoms with van der Waals surface area (Å²) in [6, 6.07) is 90.6. The van der Waals surface area contributed by atoms with Crippen molar-refractivity contribution in [2.24, 2.45) is 58.7 Å². The number of rotatable bonds is 12. The molecule has 26 rings (SSSR count). The molecule has 3 spiro atoms. The van der Waals surface area contributed by atoms with Gasteiger partial charge in [-0.3, -0.25) is 0 Å². The van der Waals surface area contributed by atoms with Gasteiger partial charge in [0.2, 0.25) is 0 Å². The van der Waals surface area contributed by atoms with Gasteiger partial charge >= 0.3 is 0 Å². The molecule has 0 aliphatic heterocycles. The minimum absolute atomic E-state index is 0.0187. The largest absolute Gasteiger partial charge is 0.456 e. The van der Waals surface area contributed by atoms with Gasteiger partial charge < -0.3 is 18.6 Å². The number of nitrogens with zero attached hydrogens (tertiary/aromatic N) is 2. The molecule has 0 saturated heterocycles. The van der Waals surface area contributed by atoms with E-state index in [1.54, 1.807) is 22.3 Å². The highest BCUT2D eigenvalue weighted by Crippen LogP contribution is 2.84. The Hall–Kier alpha value is -10.2. The fraction of sp³-hybridized carbons (Fsp3) is 0.379. The SMILES string of the molecule is CC(C)c1cc(C(C)C)c2c(c1)oc1c(C(C)C)cc(N(c3ccc4c(c3)C(C)(C)c3ccccc3-4)c3ccc4c(c3)C3(c5ccccc5-4)C4CC5CC3CC(C4)C5CC(C)(C)c3cc(N(c4ccc5c(c4)C(C)(C)c4ccccc4-5)c4ccc5c(c4)C4(c6ccccc6-5)C5CC6CC7CC4C7(C6)C5)c4oc5c(C(C)(C)C)cccc5c4c3)cc12. The summed E-state index contributed by atoms with van der Waals surface area (Å²) in [7, 11) is 0. The van der Waals surface area contributed by atoms with Crippen LogP contribution in [0.2, 0.25) is 0 Å². The predicted octanol–water partition coefficient (Wildman–Crippen LogP) is 31.7. The second kappa shape index (κ2) is 24.4. The van der Waals surface area contributed by atoms with Crippen LogP contribution in [-0.2, 0) is 32.5 Å². The second-order valence-electron chi connectivity index (χ2n) is 43.9. The van der Waals surface area contributed by atoms with Crippen LogP contribution < -0.4 is 9.80 Å². The summed E-state index contributed by atoms with van der Waals surface area (Å²) in [5.74, 6) is 6.94. The molecule has 4 nitrogen and oxygen atoms in total. The Morgan fingerprint density at radius 1 is 0.375 bits per heavy atom. The Bertz CT molecular complexity index is 6780. The summed E-state index contributed by atoms with van der Waals surface area (Å²) < 4.78 is 15.0. The average molecular weight is 1570 g/mol. The Morgan fingerprint density at radius 3 is 1.45 bits per heavy atom. The molecule has 0 radical (unpaired) electrons. The van der Waals surface area contributed by atoms with Crippen LogP contribution in [-0.4, -0.2) is 0 Å². The minimum atomic E-state index is -0.196. The lowest BCUT2D eigenvalue weighted by molar-refractivity contribution is -0.0902. The minimum Gasteiger partial charge on any atom is -0.456 e. The summed E-state index contributed by atoms with van der Waals surface area (Å²) in [6.07, 6.45) is 13.2. The molecule has 14 aromatic rings. The molecule has 120 heavy (non-hydrogen) atoms. The van der Waals surface area contributed by atoms with Crippen molar-refractivity contribution in [3.63, 3.8) is 0 Å². The number of hydrogen-bond donors (Lipinski definition) is 0. The highest BCUT2D eigenvalue weighted by molar-refractivity contribution is 6.13. The third kappa shape index (κ3) is 9.35. The first kappa shape index (κ1) is 72.6. The maximum absolute atomic E-state index is 7.80. The number of benzene rings is 12. The van der Waals surface area contributed by atoms with E-state index in [0.29, 0.717) is 58.7 Å². The van der Waals surface area contributed by atoms with Gasteiger partial charge in [0.25, 0.3) is 0 Å². The molecular weight excluding hydrogens is 1450 g/mol. The fourth-order valence-electron chi connectivity index (χ4n) is 30.0. The average Bonchev–Trinajstić information content (AvgIpc) is 1.46. The van der Waals surface area contributed by atoms with Crippen LogP contribution in [0, 0.1) is 58.7 Å². The van der Waals surface area contributed by atoms with E-state index in [0.717, 1.165) is 46.3 Å². The van der Waals surface area contributed by atoms with Gasteiger partial charge in [0.1, 0.15) is 16.7 Å². The van der Waals surface area contributed by atoms with Crippen molar-refractivity contribution in [1.82, 2.24) is 0 Å². The van der Waals surface area contributed by atoms with E-state index >= 15 is 0 Å². The van der Waals surface area contributed by atoms with E-state index < -0.39 is 0 Å². The monoisotopic (exact) mass is 1570 g/mol. The zero-order valence-corrected chi connectivity index (χ0v) is 73.1. The van der Waals surface area contributed by atoms with E-state index in [1.807, 2.05) is 0 Å². The molecule has 6 atom stereocenters. The number of fused-ring (bicyclic) bond motifs is 24. The summed E-state index contributed by atoms with van der Waals surface area (Å²) >= 11 is 0. The van der Waals surface area contributed by atoms with Gasteiger partial charge in [0.15, 0.2) is 5.58 Å². The molecule has 12 aliphatic rings. The molecule has 0 N–H and O–H groups in total. The number of para-hydroxylation sites is 1. The summed E-state index contributed by atoms with van der Waals surface area (Å²) in [4.78, 5) is 5.38. The molecule has 4 heteroatoms. The van der Waals surface area contributed by atoms with Crippen LogP contribution in [0.15, 0.2) is 233 Å². The Balaban J connectivity index is 0.622. The Kier molecular flexibility index (Phi) is 14.8. The molecule has 7 bridgehead atoms. The number of hydrogen-bond acceptors (Lipinski definition) is 4. The van der Waals surface area contributed by atoms with Crippen molar-refractivity contribution >= 4 is 78.0 Å². The van der Waals surface area contributed by atoms with E-state index in [4.69, 9.17) is 8.83 Å². The number of anilines is 6. The Morgan fingerprint density at radius 2 is 0.883 bits per heavy atom. The Labute approximate surface area is 710 Å². The third-order valence-electron chi connectivity index (χ3n) is 35.1. The van der Waals surface area contributed by atoms with Gasteiger partial charge in [-0.1, -0.05) is 249 Å². The fourth-order valence-corrected chi connectivity index (χ4v) is 30.0. The molecule has 8 saturated carbocycles. The second-order valence-corrected chi connectivity index (χ2v) is 43.9. The van der Waals surface area contributed by atoms with Gasteiger partial charge in [-0.15, -0.1) is 0 Å². The third-order valence-corrected chi connectivity index (χ3v) is 35.1. The van der Waals surface area contributed by atoms with Gasteiger partial charge in [-0.25, -0.2) is 0 Å². The molecule has 600 valence electrons. The van der Waals surface area contributed by atoms with Crippen LogP contribution in [0.1, 0.15) is 258 Å². The first-order valence-corrected chi connectivity index (χ1v) is 46.4. The lowest BCUT2D eigenvalue weighted by atomic mass is 9.40. The molecule has 6 unspecified atom stereocenters. The van der Waals surface area contributed by atoms with E-state index in [9.17, 15) is 0 Å². The zero-order valence-electron chi connectivity index (χ0n) is 73.1. The maximum atomic E-state index is 7.80. The predicted molar refractivity (Wildman–Crippen MR) is 498 cm³/mol. The van der Waals surface area contributed by atoms with Gasteiger partial charge in [0, 0.05) is 82.8 Å². The van der Waals surface area contributed by atoms with Crippen LogP contribution in [0.3, 0.4) is 0 Å². The zero-order chi connectivity index (χ0) is 81.4. The molecular formula is C116H114N2O2. The summed E-state index contributed by atoms with van der Waals surface area (Å²) in [5.41, 5.74) is 40.8. The van der Waals surface area contributed by atoms with Crippen molar-refractivity contribution in [1.29, 1.82) is 0 Å². The molecule has 8 fully saturated rings. The molecule has 12 aromatic carbocycles. The normalized spacial score (nSPS) is 26.4. The standard InChI is InChI=1S/C116H114N2O2/c1-63(2)67-49-89(64(3)4)106-92-55-79(54-90(65(5)6)107(92)119-104(106)50-67)117(75-35-39-84-80-25-16-20-30-94(80)112(12,13)99(84)56-75)76-36-41-86-82-27-18-22-32-96(82)115(101(86)58-76)72-45-68-46-73(115)48-69(47-72)93(68)62-111(10,11)70-51-91-88-29-24-34-98(110(7,8)9)108(88)120-109(91)103(52-70)118(77-37-40-85-81-26-17-21-31-95(81)113(14,15)100(85)57-77)78-38-42-87-83-28-19-23-33-97(83)116(102(87)59-78)74-44-66-43-71-53-105(116)114(71,60-66)61-74/h16-42,49-52,54-59,63-66,68-69,71-74,93,105H,43-48,53,60-62H2,1-15H3. The van der Waals surface area contributed by atoms with Crippen molar-refractivity contribution in [2.45, 2.75) is 218 Å². The quantitative estimate of drug-likeness (QED) is 0.122. The molecule has 12 aliphatic carbocycles. The van der Waals surface area contributed by atoms with Crippen molar-refractivity contribution in [3.05, 3.63) is 297 Å². The summed E-state index contributed by atoms with van der Waals surface area (Å²) in [6.45, 7) is 36.2. The van der Waals surface area contributed by atoms with Gasteiger partial charge in [0.05, 0.1) is 5.69 Å². The van der Waals surface area contributed by atoms with Crippen LogP contribution in [0.25, 0.3) is 88.4 Å². The summed E-state index contributed by atoms with van der Waals surface area (Å²) in [5, 5.41) is 4.92. The lowest BCUT2D eigenvalue weighted by Gasteiger charge is -2.64. The van der Waals surface area contributed by atoms with Gasteiger partial charge in [-0.05, 0) is 336 Å². The molecule has 2 heterocycles. The lowest BCUT2D eigenvalue weighted by Crippen LogP contribution is -2.58. The highest BCUT2D eigenvalue weighted by atomic mass is 16.3. The molecule has 0 amide bonds. The first-order chi connectivity index (χ1) is 57.7. The smallest absolute Gasteiger partial charge is 0.159 e. The maximum Gasteiger partial charge on any atom is 0.159 e.